The standard InChI is InChI=1S/C24H28N2O4S/c1-29-22-10-8-19(9-11-22)13-16-31(27,28)25-17-23(24-7-4-15-30-24)26-14-12-20-5-2-3-6-21(20)18-26/h2-11,15,23,25H,12-14,16-18H2,1H3/t23-/m1/s1. The molecule has 1 aliphatic rings. The average Bonchev–Trinajstić information content (AvgIpc) is 3.33. The van der Waals surface area contributed by atoms with Crippen LogP contribution in [-0.4, -0.2) is 39.3 Å². The van der Waals surface area contributed by atoms with Crippen LogP contribution in [0.5, 0.6) is 5.75 Å². The van der Waals surface area contributed by atoms with Gasteiger partial charge in [0.05, 0.1) is 25.2 Å². The third-order valence-electron chi connectivity index (χ3n) is 5.79. The lowest BCUT2D eigenvalue weighted by atomic mass is 9.98. The lowest BCUT2D eigenvalue weighted by Gasteiger charge is -2.34. The minimum absolute atomic E-state index is 0.0348. The van der Waals surface area contributed by atoms with Crippen molar-refractivity contribution >= 4 is 10.0 Å². The Hall–Kier alpha value is -2.61. The molecule has 0 saturated carbocycles. The fourth-order valence-electron chi connectivity index (χ4n) is 4.00. The summed E-state index contributed by atoms with van der Waals surface area (Å²) in [5, 5.41) is 0. The second kappa shape index (κ2) is 9.68. The largest absolute Gasteiger partial charge is 0.497 e. The first-order chi connectivity index (χ1) is 15.0. The molecule has 2 heterocycles. The molecule has 1 N–H and O–H groups in total. The van der Waals surface area contributed by atoms with Crippen LogP contribution >= 0.6 is 0 Å². The molecule has 4 rings (SSSR count). The topological polar surface area (TPSA) is 71.8 Å². The Labute approximate surface area is 183 Å². The van der Waals surface area contributed by atoms with Gasteiger partial charge in [0.1, 0.15) is 11.5 Å². The van der Waals surface area contributed by atoms with Crippen molar-refractivity contribution in [2.75, 3.05) is 26.0 Å². The van der Waals surface area contributed by atoms with E-state index in [1.54, 1.807) is 13.4 Å². The fraction of sp³-hybridized carbons (Fsp3) is 0.333. The molecule has 0 unspecified atom stereocenters. The van der Waals surface area contributed by atoms with Gasteiger partial charge in [0.2, 0.25) is 10.0 Å². The van der Waals surface area contributed by atoms with E-state index >= 15 is 0 Å². The van der Waals surface area contributed by atoms with E-state index in [1.165, 1.54) is 11.1 Å². The Morgan fingerprint density at radius 3 is 2.55 bits per heavy atom. The molecule has 7 heteroatoms. The van der Waals surface area contributed by atoms with Crippen LogP contribution in [0, 0.1) is 0 Å². The van der Waals surface area contributed by atoms with Crippen molar-refractivity contribution in [3.05, 3.63) is 89.4 Å². The number of hydrogen-bond acceptors (Lipinski definition) is 5. The molecule has 0 radical (unpaired) electrons. The predicted octanol–water partition coefficient (Wildman–Crippen LogP) is 3.55. The normalized spacial score (nSPS) is 15.4. The van der Waals surface area contributed by atoms with E-state index in [1.807, 2.05) is 42.5 Å². The van der Waals surface area contributed by atoms with Gasteiger partial charge in [-0.3, -0.25) is 4.90 Å². The monoisotopic (exact) mass is 440 g/mol. The maximum Gasteiger partial charge on any atom is 0.211 e. The van der Waals surface area contributed by atoms with Gasteiger partial charge in [0.25, 0.3) is 0 Å². The molecular formula is C24H28N2O4S. The molecule has 164 valence electrons. The van der Waals surface area contributed by atoms with Crippen LogP contribution in [0.2, 0.25) is 0 Å². The van der Waals surface area contributed by atoms with E-state index in [0.717, 1.165) is 36.6 Å². The zero-order chi connectivity index (χ0) is 21.7. The predicted molar refractivity (Wildman–Crippen MR) is 120 cm³/mol. The van der Waals surface area contributed by atoms with Gasteiger partial charge in [0.15, 0.2) is 0 Å². The van der Waals surface area contributed by atoms with Gasteiger partial charge >= 0.3 is 0 Å². The lowest BCUT2D eigenvalue weighted by molar-refractivity contribution is 0.160. The van der Waals surface area contributed by atoms with Crippen molar-refractivity contribution in [3.8, 4) is 5.75 Å². The summed E-state index contributed by atoms with van der Waals surface area (Å²) < 4.78 is 39.0. The van der Waals surface area contributed by atoms with Crippen LogP contribution in [0.1, 0.15) is 28.5 Å². The molecule has 0 fully saturated rings. The van der Waals surface area contributed by atoms with E-state index < -0.39 is 10.0 Å². The number of methoxy groups -OCH3 is 1. The van der Waals surface area contributed by atoms with Crippen molar-refractivity contribution in [1.82, 2.24) is 9.62 Å². The lowest BCUT2D eigenvalue weighted by Crippen LogP contribution is -2.41. The van der Waals surface area contributed by atoms with Crippen molar-refractivity contribution in [2.24, 2.45) is 0 Å². The molecule has 1 aliphatic heterocycles. The van der Waals surface area contributed by atoms with Gasteiger partial charge in [-0.05, 0) is 53.8 Å². The summed E-state index contributed by atoms with van der Waals surface area (Å²) in [6.07, 6.45) is 3.03. The highest BCUT2D eigenvalue weighted by atomic mass is 32.2. The number of fused-ring (bicyclic) bond motifs is 1. The van der Waals surface area contributed by atoms with Crippen LogP contribution in [0.4, 0.5) is 0 Å². The highest BCUT2D eigenvalue weighted by Crippen LogP contribution is 2.28. The fourth-order valence-corrected chi connectivity index (χ4v) is 5.06. The van der Waals surface area contributed by atoms with Crippen molar-refractivity contribution in [3.63, 3.8) is 0 Å². The average molecular weight is 441 g/mol. The first-order valence-electron chi connectivity index (χ1n) is 10.5. The van der Waals surface area contributed by atoms with Crippen LogP contribution in [0.3, 0.4) is 0 Å². The summed E-state index contributed by atoms with van der Waals surface area (Å²) in [6, 6.07) is 19.5. The Balaban J connectivity index is 1.40. The number of nitrogens with zero attached hydrogens (tertiary/aromatic N) is 1. The van der Waals surface area contributed by atoms with E-state index in [-0.39, 0.29) is 18.3 Å². The van der Waals surface area contributed by atoms with Crippen LogP contribution in [-0.2, 0) is 29.4 Å². The highest BCUT2D eigenvalue weighted by molar-refractivity contribution is 7.89. The molecule has 3 aromatic rings. The summed E-state index contributed by atoms with van der Waals surface area (Å²) in [6.45, 7) is 1.91. The number of sulfonamides is 1. The van der Waals surface area contributed by atoms with Gasteiger partial charge in [-0.2, -0.15) is 0 Å². The molecule has 0 amide bonds. The molecule has 2 aromatic carbocycles. The summed E-state index contributed by atoms with van der Waals surface area (Å²) in [4.78, 5) is 2.28. The number of ether oxygens (including phenoxy) is 1. The maximum atomic E-state index is 12.7. The summed E-state index contributed by atoms with van der Waals surface area (Å²) in [5.41, 5.74) is 3.60. The van der Waals surface area contributed by atoms with Gasteiger partial charge in [0, 0.05) is 19.6 Å². The number of furan rings is 1. The molecule has 0 bridgehead atoms. The quantitative estimate of drug-likeness (QED) is 0.551. The third kappa shape index (κ3) is 5.55. The first kappa shape index (κ1) is 21.6. The van der Waals surface area contributed by atoms with E-state index in [9.17, 15) is 8.42 Å². The molecule has 0 spiro atoms. The van der Waals surface area contributed by atoms with Crippen molar-refractivity contribution in [1.29, 1.82) is 0 Å². The number of aryl methyl sites for hydroxylation is 1. The Kier molecular flexibility index (Phi) is 6.75. The minimum atomic E-state index is -3.43. The summed E-state index contributed by atoms with van der Waals surface area (Å²) in [5.74, 6) is 1.57. The second-order valence-electron chi connectivity index (χ2n) is 7.79. The summed E-state index contributed by atoms with van der Waals surface area (Å²) >= 11 is 0. The Morgan fingerprint density at radius 1 is 1.06 bits per heavy atom. The zero-order valence-corrected chi connectivity index (χ0v) is 18.5. The van der Waals surface area contributed by atoms with Crippen molar-refractivity contribution in [2.45, 2.75) is 25.4 Å². The molecule has 0 saturated heterocycles. The smallest absolute Gasteiger partial charge is 0.211 e. The Bertz CT molecular complexity index is 1080. The van der Waals surface area contributed by atoms with Gasteiger partial charge < -0.3 is 9.15 Å². The Morgan fingerprint density at radius 2 is 1.84 bits per heavy atom. The van der Waals surface area contributed by atoms with E-state index in [4.69, 9.17) is 9.15 Å². The van der Waals surface area contributed by atoms with Crippen molar-refractivity contribution < 1.29 is 17.6 Å². The van der Waals surface area contributed by atoms with Crippen LogP contribution < -0.4 is 9.46 Å². The van der Waals surface area contributed by atoms with Gasteiger partial charge in [-0.25, -0.2) is 13.1 Å². The molecule has 1 atom stereocenters. The first-order valence-corrected chi connectivity index (χ1v) is 12.1. The van der Waals surface area contributed by atoms with Gasteiger partial charge in [-0.15, -0.1) is 0 Å². The number of nitrogens with one attached hydrogen (secondary N) is 1. The molecule has 6 nitrogen and oxygen atoms in total. The SMILES string of the molecule is COc1ccc(CCS(=O)(=O)NC[C@H](c2ccco2)N2CCc3ccccc3C2)cc1. The van der Waals surface area contributed by atoms with E-state index in [0.29, 0.717) is 6.42 Å². The second-order valence-corrected chi connectivity index (χ2v) is 9.71. The highest BCUT2D eigenvalue weighted by Gasteiger charge is 2.27. The molecular weight excluding hydrogens is 412 g/mol. The van der Waals surface area contributed by atoms with Crippen LogP contribution in [0.25, 0.3) is 0 Å². The molecule has 31 heavy (non-hydrogen) atoms. The zero-order valence-electron chi connectivity index (χ0n) is 17.7. The maximum absolute atomic E-state index is 12.7. The molecule has 0 aliphatic carbocycles. The summed E-state index contributed by atoms with van der Waals surface area (Å²) in [7, 11) is -1.82. The number of benzene rings is 2. The van der Waals surface area contributed by atoms with Gasteiger partial charge in [-0.1, -0.05) is 36.4 Å². The minimum Gasteiger partial charge on any atom is -0.497 e. The van der Waals surface area contributed by atoms with E-state index in [2.05, 4.69) is 27.8 Å². The number of hydrogen-bond donors (Lipinski definition) is 1. The number of rotatable bonds is 9. The molecule has 1 aromatic heterocycles. The van der Waals surface area contributed by atoms with Crippen LogP contribution in [0.15, 0.2) is 71.3 Å². The third-order valence-corrected chi connectivity index (χ3v) is 7.14.